The summed E-state index contributed by atoms with van der Waals surface area (Å²) in [6.45, 7) is 10.5. The Labute approximate surface area is 181 Å². The van der Waals surface area contributed by atoms with E-state index in [1.54, 1.807) is 11.8 Å². The minimum atomic E-state index is -0.390. The van der Waals surface area contributed by atoms with Crippen LogP contribution in [0, 0.1) is 12.3 Å². The standard InChI is InChI=1S/C24H29N3O2S/c1-6-14(3)30-23-26-21-20(22(29)27-23)18(15-9-7-8-13(2)10-15)19-16(25-21)11-24(4,5)12-17(19)28/h7-10,14,18H,6,11-12H2,1-5H3,(H2,25,26,27,29). The quantitative estimate of drug-likeness (QED) is 0.524. The van der Waals surface area contributed by atoms with Crippen LogP contribution in [0.4, 0.5) is 5.82 Å². The number of fused-ring (bicyclic) bond motifs is 1. The molecule has 2 aliphatic rings. The van der Waals surface area contributed by atoms with Crippen LogP contribution in [0.3, 0.4) is 0 Å². The van der Waals surface area contributed by atoms with Gasteiger partial charge < -0.3 is 10.3 Å². The third-order valence-corrected chi connectivity index (χ3v) is 7.12. The zero-order valence-electron chi connectivity index (χ0n) is 18.3. The van der Waals surface area contributed by atoms with Gasteiger partial charge in [0.1, 0.15) is 5.82 Å². The summed E-state index contributed by atoms with van der Waals surface area (Å²) in [5.74, 6) is 0.308. The summed E-state index contributed by atoms with van der Waals surface area (Å²) in [6, 6.07) is 8.09. The molecule has 2 aromatic rings. The minimum absolute atomic E-state index is 0.114. The van der Waals surface area contributed by atoms with E-state index in [2.05, 4.69) is 44.1 Å². The number of H-pyrrole nitrogens is 1. The molecule has 0 spiro atoms. The van der Waals surface area contributed by atoms with Gasteiger partial charge in [0.15, 0.2) is 10.9 Å². The molecular weight excluding hydrogens is 394 g/mol. The van der Waals surface area contributed by atoms with Crippen molar-refractivity contribution in [2.24, 2.45) is 5.41 Å². The number of carbonyl (C=O) groups excluding carboxylic acids is 1. The van der Waals surface area contributed by atoms with Gasteiger partial charge in [-0.2, -0.15) is 0 Å². The molecule has 30 heavy (non-hydrogen) atoms. The Morgan fingerprint density at radius 2 is 2.03 bits per heavy atom. The second-order valence-corrected chi connectivity index (χ2v) is 10.7. The van der Waals surface area contributed by atoms with E-state index >= 15 is 0 Å². The van der Waals surface area contributed by atoms with Gasteiger partial charge in [0.05, 0.1) is 5.56 Å². The third-order valence-electron chi connectivity index (χ3n) is 5.96. The van der Waals surface area contributed by atoms with Gasteiger partial charge in [0.25, 0.3) is 5.56 Å². The Balaban J connectivity index is 1.91. The second kappa shape index (κ2) is 7.73. The van der Waals surface area contributed by atoms with E-state index in [1.165, 1.54) is 0 Å². The molecule has 0 fully saturated rings. The Kier molecular flexibility index (Phi) is 5.39. The number of benzene rings is 1. The van der Waals surface area contributed by atoms with E-state index < -0.39 is 5.92 Å². The molecule has 1 aromatic carbocycles. The van der Waals surface area contributed by atoms with Gasteiger partial charge in [-0.3, -0.25) is 9.59 Å². The fourth-order valence-electron chi connectivity index (χ4n) is 4.41. The molecule has 1 aromatic heterocycles. The van der Waals surface area contributed by atoms with E-state index in [0.717, 1.165) is 35.2 Å². The lowest BCUT2D eigenvalue weighted by molar-refractivity contribution is -0.118. The van der Waals surface area contributed by atoms with Gasteiger partial charge in [-0.05, 0) is 30.7 Å². The van der Waals surface area contributed by atoms with E-state index in [9.17, 15) is 9.59 Å². The van der Waals surface area contributed by atoms with Gasteiger partial charge in [-0.1, -0.05) is 69.3 Å². The van der Waals surface area contributed by atoms with Crippen LogP contribution < -0.4 is 10.9 Å². The van der Waals surface area contributed by atoms with Crippen molar-refractivity contribution in [2.45, 2.75) is 70.2 Å². The Morgan fingerprint density at radius 3 is 2.73 bits per heavy atom. The van der Waals surface area contributed by atoms with Crippen LogP contribution in [-0.2, 0) is 4.79 Å². The highest BCUT2D eigenvalue weighted by Crippen LogP contribution is 2.47. The number of rotatable bonds is 4. The molecule has 0 saturated carbocycles. The molecule has 4 rings (SSSR count). The van der Waals surface area contributed by atoms with Crippen LogP contribution in [0.15, 0.2) is 45.5 Å². The first-order valence-electron chi connectivity index (χ1n) is 10.6. The molecule has 6 heteroatoms. The highest BCUT2D eigenvalue weighted by molar-refractivity contribution is 7.99. The maximum atomic E-state index is 13.3. The van der Waals surface area contributed by atoms with Crippen molar-refractivity contribution in [3.05, 3.63) is 62.6 Å². The zero-order chi connectivity index (χ0) is 21.6. The monoisotopic (exact) mass is 423 g/mol. The number of ketones is 1. The van der Waals surface area contributed by atoms with E-state index in [-0.39, 0.29) is 16.8 Å². The summed E-state index contributed by atoms with van der Waals surface area (Å²) in [6.07, 6.45) is 2.24. The van der Waals surface area contributed by atoms with Crippen molar-refractivity contribution in [3.63, 3.8) is 0 Å². The maximum absolute atomic E-state index is 13.3. The Morgan fingerprint density at radius 1 is 1.27 bits per heavy atom. The molecule has 2 atom stereocenters. The summed E-state index contributed by atoms with van der Waals surface area (Å²) < 4.78 is 0. The number of nitrogens with one attached hydrogen (secondary N) is 2. The number of thioether (sulfide) groups is 1. The topological polar surface area (TPSA) is 74.8 Å². The zero-order valence-corrected chi connectivity index (χ0v) is 19.1. The first kappa shape index (κ1) is 20.9. The molecule has 0 amide bonds. The number of Topliss-reactive ketones (excluding diaryl/α,β-unsaturated/α-hetero) is 1. The summed E-state index contributed by atoms with van der Waals surface area (Å²) in [5.41, 5.74) is 3.96. The number of hydrogen-bond acceptors (Lipinski definition) is 5. The predicted molar refractivity (Wildman–Crippen MR) is 122 cm³/mol. The van der Waals surface area contributed by atoms with E-state index in [4.69, 9.17) is 4.98 Å². The number of hydrogen-bond donors (Lipinski definition) is 2. The molecule has 0 saturated heterocycles. The van der Waals surface area contributed by atoms with Crippen molar-refractivity contribution in [1.29, 1.82) is 0 Å². The summed E-state index contributed by atoms with van der Waals surface area (Å²) >= 11 is 1.57. The fraction of sp³-hybridized carbons (Fsp3) is 0.458. The molecule has 2 N–H and O–H groups in total. The highest BCUT2D eigenvalue weighted by Gasteiger charge is 2.42. The van der Waals surface area contributed by atoms with E-state index in [0.29, 0.717) is 28.2 Å². The second-order valence-electron chi connectivity index (χ2n) is 9.28. The summed E-state index contributed by atoms with van der Waals surface area (Å²) in [7, 11) is 0. The smallest absolute Gasteiger partial charge is 0.257 e. The van der Waals surface area contributed by atoms with Gasteiger partial charge in [0, 0.05) is 28.9 Å². The van der Waals surface area contributed by atoms with Crippen LogP contribution in [0.2, 0.25) is 0 Å². The molecule has 0 radical (unpaired) electrons. The van der Waals surface area contributed by atoms with Crippen LogP contribution in [0.25, 0.3) is 0 Å². The van der Waals surface area contributed by atoms with Gasteiger partial charge in [-0.15, -0.1) is 0 Å². The van der Waals surface area contributed by atoms with Gasteiger partial charge >= 0.3 is 0 Å². The van der Waals surface area contributed by atoms with Crippen LogP contribution >= 0.6 is 11.8 Å². The normalized spacial score (nSPS) is 21.0. The summed E-state index contributed by atoms with van der Waals surface area (Å²) in [4.78, 5) is 34.2. The number of carbonyl (C=O) groups is 1. The number of aryl methyl sites for hydroxylation is 1. The number of nitrogens with zero attached hydrogens (tertiary/aromatic N) is 1. The van der Waals surface area contributed by atoms with Crippen molar-refractivity contribution >= 4 is 23.4 Å². The lowest BCUT2D eigenvalue weighted by atomic mass is 9.69. The minimum Gasteiger partial charge on any atom is -0.343 e. The number of aromatic nitrogens is 2. The van der Waals surface area contributed by atoms with Gasteiger partial charge in [0.2, 0.25) is 0 Å². The molecule has 1 aliphatic carbocycles. The Hall–Kier alpha value is -2.34. The van der Waals surface area contributed by atoms with Crippen molar-refractivity contribution in [3.8, 4) is 0 Å². The third kappa shape index (κ3) is 3.85. The molecule has 0 bridgehead atoms. The van der Waals surface area contributed by atoms with E-state index in [1.807, 2.05) is 25.1 Å². The van der Waals surface area contributed by atoms with Crippen molar-refractivity contribution < 1.29 is 4.79 Å². The van der Waals surface area contributed by atoms with Crippen molar-refractivity contribution in [1.82, 2.24) is 9.97 Å². The number of aromatic amines is 1. The SMILES string of the molecule is CCC(C)Sc1nc2c(c(=O)[nH]1)C(c1cccc(C)c1)C1=C(CC(C)(C)CC1=O)N2. The lowest BCUT2D eigenvalue weighted by Crippen LogP contribution is -2.37. The molecule has 1 aliphatic heterocycles. The summed E-state index contributed by atoms with van der Waals surface area (Å²) in [5, 5.41) is 4.36. The average Bonchev–Trinajstić information content (AvgIpc) is 2.65. The van der Waals surface area contributed by atoms with Crippen molar-refractivity contribution in [2.75, 3.05) is 5.32 Å². The number of anilines is 1. The highest BCUT2D eigenvalue weighted by atomic mass is 32.2. The predicted octanol–water partition coefficient (Wildman–Crippen LogP) is 5.17. The first-order valence-corrected chi connectivity index (χ1v) is 11.5. The van der Waals surface area contributed by atoms with Gasteiger partial charge in [-0.25, -0.2) is 4.98 Å². The molecule has 2 unspecified atom stereocenters. The Bertz CT molecular complexity index is 1100. The van der Waals surface area contributed by atoms with Crippen LogP contribution in [0.5, 0.6) is 0 Å². The lowest BCUT2D eigenvalue weighted by Gasteiger charge is -2.38. The fourth-order valence-corrected chi connectivity index (χ4v) is 5.25. The molecular formula is C24H29N3O2S. The molecule has 158 valence electrons. The molecule has 2 heterocycles. The molecule has 5 nitrogen and oxygen atoms in total. The average molecular weight is 424 g/mol. The largest absolute Gasteiger partial charge is 0.343 e. The maximum Gasteiger partial charge on any atom is 0.257 e. The van der Waals surface area contributed by atoms with Crippen LogP contribution in [-0.4, -0.2) is 21.0 Å². The van der Waals surface area contributed by atoms with Crippen LogP contribution in [0.1, 0.15) is 69.6 Å². The first-order chi connectivity index (χ1) is 14.2. The number of allylic oxidation sites excluding steroid dienone is 2.